The van der Waals surface area contributed by atoms with Crippen molar-refractivity contribution in [1.29, 1.82) is 10.5 Å². The SMILES string of the molecule is Cc1nc(N)c(I)cc1C#N.Cc1nc(N)ccc1C#N. The molecule has 2 aromatic heterocycles. The lowest BCUT2D eigenvalue weighted by Crippen LogP contribution is -1.98. The number of pyridine rings is 2. The highest BCUT2D eigenvalue weighted by molar-refractivity contribution is 14.1. The number of nitrogens with two attached hydrogens (primary N) is 2. The van der Waals surface area contributed by atoms with Gasteiger partial charge in [-0.3, -0.25) is 0 Å². The molecule has 0 bridgehead atoms. The topological polar surface area (TPSA) is 125 Å². The van der Waals surface area contributed by atoms with Gasteiger partial charge in [-0.1, -0.05) is 0 Å². The molecule has 106 valence electrons. The van der Waals surface area contributed by atoms with E-state index in [9.17, 15) is 0 Å². The summed E-state index contributed by atoms with van der Waals surface area (Å²) in [5, 5.41) is 17.1. The summed E-state index contributed by atoms with van der Waals surface area (Å²) in [7, 11) is 0. The molecule has 0 fully saturated rings. The molecular weight excluding hydrogens is 379 g/mol. The zero-order chi connectivity index (χ0) is 16.0. The van der Waals surface area contributed by atoms with Crippen molar-refractivity contribution in [3.8, 4) is 12.1 Å². The highest BCUT2D eigenvalue weighted by atomic mass is 127. The average Bonchev–Trinajstić information content (AvgIpc) is 2.44. The Kier molecular flexibility index (Phi) is 5.88. The van der Waals surface area contributed by atoms with Gasteiger partial charge in [0.15, 0.2) is 0 Å². The van der Waals surface area contributed by atoms with Gasteiger partial charge in [0.2, 0.25) is 0 Å². The first-order chi connectivity index (χ1) is 9.88. The van der Waals surface area contributed by atoms with Gasteiger partial charge in [0.1, 0.15) is 23.8 Å². The van der Waals surface area contributed by atoms with Crippen LogP contribution < -0.4 is 11.5 Å². The molecule has 2 heterocycles. The summed E-state index contributed by atoms with van der Waals surface area (Å²) in [6.07, 6.45) is 0. The van der Waals surface area contributed by atoms with Crippen LogP contribution >= 0.6 is 22.6 Å². The van der Waals surface area contributed by atoms with Gasteiger partial charge in [0, 0.05) is 0 Å². The van der Waals surface area contributed by atoms with E-state index in [-0.39, 0.29) is 0 Å². The van der Waals surface area contributed by atoms with Gasteiger partial charge in [-0.15, -0.1) is 0 Å². The fourth-order valence-corrected chi connectivity index (χ4v) is 1.84. The molecule has 4 N–H and O–H groups in total. The highest BCUT2D eigenvalue weighted by Gasteiger charge is 2.02. The molecule has 2 aromatic rings. The Morgan fingerprint density at radius 1 is 1.00 bits per heavy atom. The summed E-state index contributed by atoms with van der Waals surface area (Å²) in [4.78, 5) is 7.89. The molecule has 0 spiro atoms. The number of anilines is 2. The fourth-order valence-electron chi connectivity index (χ4n) is 1.41. The number of aromatic nitrogens is 2. The molecular formula is C14H13IN6. The van der Waals surface area contributed by atoms with E-state index in [1.807, 2.05) is 12.1 Å². The van der Waals surface area contributed by atoms with E-state index in [0.717, 1.165) is 3.57 Å². The second-order valence-corrected chi connectivity index (χ2v) is 5.24. The number of halogens is 1. The molecule has 6 nitrogen and oxygen atoms in total. The minimum absolute atomic E-state index is 0.455. The van der Waals surface area contributed by atoms with Crippen LogP contribution in [-0.4, -0.2) is 9.97 Å². The molecule has 0 unspecified atom stereocenters. The predicted molar refractivity (Wildman–Crippen MR) is 88.9 cm³/mol. The fraction of sp³-hybridized carbons (Fsp3) is 0.143. The number of hydrogen-bond donors (Lipinski definition) is 2. The third-order valence-electron chi connectivity index (χ3n) is 2.54. The van der Waals surface area contributed by atoms with E-state index in [2.05, 4.69) is 32.6 Å². The number of nitriles is 2. The van der Waals surface area contributed by atoms with Crippen molar-refractivity contribution in [2.24, 2.45) is 0 Å². The van der Waals surface area contributed by atoms with Crippen LogP contribution in [-0.2, 0) is 0 Å². The monoisotopic (exact) mass is 392 g/mol. The number of rotatable bonds is 0. The van der Waals surface area contributed by atoms with E-state index in [0.29, 0.717) is 34.2 Å². The van der Waals surface area contributed by atoms with Crippen LogP contribution in [0.25, 0.3) is 0 Å². The minimum atomic E-state index is 0.455. The van der Waals surface area contributed by atoms with Crippen molar-refractivity contribution in [1.82, 2.24) is 9.97 Å². The molecule has 21 heavy (non-hydrogen) atoms. The van der Waals surface area contributed by atoms with Gasteiger partial charge in [-0.2, -0.15) is 10.5 Å². The summed E-state index contributed by atoms with van der Waals surface area (Å²) in [5.41, 5.74) is 13.4. The van der Waals surface area contributed by atoms with Crippen molar-refractivity contribution in [3.05, 3.63) is 44.3 Å². The summed E-state index contributed by atoms with van der Waals surface area (Å²) in [6, 6.07) is 9.06. The molecule has 0 aromatic carbocycles. The molecule has 0 atom stereocenters. The second kappa shape index (κ2) is 7.41. The minimum Gasteiger partial charge on any atom is -0.384 e. The van der Waals surface area contributed by atoms with Gasteiger partial charge < -0.3 is 11.5 Å². The highest BCUT2D eigenvalue weighted by Crippen LogP contribution is 2.15. The zero-order valence-corrected chi connectivity index (χ0v) is 13.7. The van der Waals surface area contributed by atoms with Crippen LogP contribution in [0.4, 0.5) is 11.6 Å². The third kappa shape index (κ3) is 4.58. The normalized spacial score (nSPS) is 9.00. The van der Waals surface area contributed by atoms with E-state index in [1.54, 1.807) is 32.0 Å². The maximum Gasteiger partial charge on any atom is 0.137 e. The third-order valence-corrected chi connectivity index (χ3v) is 3.41. The molecule has 2 rings (SSSR count). The molecule has 0 aliphatic rings. The molecule has 0 radical (unpaired) electrons. The van der Waals surface area contributed by atoms with Crippen molar-refractivity contribution >= 4 is 34.2 Å². The molecule has 0 saturated carbocycles. The van der Waals surface area contributed by atoms with Gasteiger partial charge >= 0.3 is 0 Å². The lowest BCUT2D eigenvalue weighted by Gasteiger charge is -1.99. The van der Waals surface area contributed by atoms with E-state index >= 15 is 0 Å². The van der Waals surface area contributed by atoms with Crippen molar-refractivity contribution < 1.29 is 0 Å². The Morgan fingerprint density at radius 3 is 2.10 bits per heavy atom. The summed E-state index contributed by atoms with van der Waals surface area (Å²) in [6.45, 7) is 3.53. The first-order valence-corrected chi connectivity index (χ1v) is 6.92. The van der Waals surface area contributed by atoms with Crippen LogP contribution in [0.2, 0.25) is 0 Å². The molecule has 0 saturated heterocycles. The smallest absolute Gasteiger partial charge is 0.137 e. The van der Waals surface area contributed by atoms with Crippen molar-refractivity contribution in [2.45, 2.75) is 13.8 Å². The first-order valence-electron chi connectivity index (χ1n) is 5.85. The van der Waals surface area contributed by atoms with E-state index in [4.69, 9.17) is 22.0 Å². The maximum atomic E-state index is 8.60. The van der Waals surface area contributed by atoms with E-state index in [1.165, 1.54) is 0 Å². The second-order valence-electron chi connectivity index (χ2n) is 4.08. The van der Waals surface area contributed by atoms with Gasteiger partial charge in [0.25, 0.3) is 0 Å². The molecule has 0 aliphatic heterocycles. The number of nitrogens with zero attached hydrogens (tertiary/aromatic N) is 4. The van der Waals surface area contributed by atoms with Gasteiger partial charge in [-0.25, -0.2) is 9.97 Å². The number of aryl methyl sites for hydroxylation is 2. The first kappa shape index (κ1) is 16.7. The van der Waals surface area contributed by atoms with Crippen molar-refractivity contribution in [3.63, 3.8) is 0 Å². The average molecular weight is 392 g/mol. The van der Waals surface area contributed by atoms with Gasteiger partial charge in [-0.05, 0) is 54.6 Å². The van der Waals surface area contributed by atoms with Crippen LogP contribution in [0.15, 0.2) is 18.2 Å². The van der Waals surface area contributed by atoms with Crippen LogP contribution in [0.1, 0.15) is 22.5 Å². The Labute approximate surface area is 136 Å². The van der Waals surface area contributed by atoms with E-state index < -0.39 is 0 Å². The predicted octanol–water partition coefficient (Wildman–Crippen LogP) is 2.29. The van der Waals surface area contributed by atoms with Crippen LogP contribution in [0.5, 0.6) is 0 Å². The van der Waals surface area contributed by atoms with Crippen LogP contribution in [0.3, 0.4) is 0 Å². The molecule has 0 amide bonds. The number of hydrogen-bond acceptors (Lipinski definition) is 6. The zero-order valence-electron chi connectivity index (χ0n) is 11.6. The van der Waals surface area contributed by atoms with Crippen molar-refractivity contribution in [2.75, 3.05) is 11.5 Å². The Morgan fingerprint density at radius 2 is 1.57 bits per heavy atom. The standard InChI is InChI=1S/C7H6IN3.C7H7N3/c1-4-5(3-9)2-6(8)7(10)11-4;1-5-6(4-8)2-3-7(9)10-5/h2H,1H3,(H2,10,11);2-3H,1H3,(H2,9,10). The number of nitrogen functional groups attached to an aromatic ring is 2. The van der Waals surface area contributed by atoms with Gasteiger partial charge in [0.05, 0.1) is 26.1 Å². The molecule has 7 heteroatoms. The molecule has 0 aliphatic carbocycles. The summed E-state index contributed by atoms with van der Waals surface area (Å²) in [5.74, 6) is 0.943. The lowest BCUT2D eigenvalue weighted by molar-refractivity contribution is 1.18. The summed E-state index contributed by atoms with van der Waals surface area (Å²) >= 11 is 2.05. The summed E-state index contributed by atoms with van der Waals surface area (Å²) < 4.78 is 0.824. The lowest BCUT2D eigenvalue weighted by atomic mass is 10.2. The Balaban J connectivity index is 0.000000211. The Bertz CT molecular complexity index is 742. The maximum absolute atomic E-state index is 8.60. The largest absolute Gasteiger partial charge is 0.384 e. The Hall–Kier alpha value is -2.39. The van der Waals surface area contributed by atoms with Crippen LogP contribution in [0, 0.1) is 40.1 Å². The quantitative estimate of drug-likeness (QED) is 0.663.